The minimum Gasteiger partial charge on any atom is -0.285 e. The summed E-state index contributed by atoms with van der Waals surface area (Å²) >= 11 is 0. The smallest absolute Gasteiger partial charge is 0.0643 e. The topological polar surface area (TPSA) is 12.4 Å². The van der Waals surface area contributed by atoms with Gasteiger partial charge in [-0.15, -0.1) is 0 Å². The van der Waals surface area contributed by atoms with E-state index in [0.717, 1.165) is 12.3 Å². The number of hydrogen-bond donors (Lipinski definition) is 0. The average molecular weight is 223 g/mol. The maximum absolute atomic E-state index is 4.61. The lowest BCUT2D eigenvalue weighted by Crippen LogP contribution is -1.95. The van der Waals surface area contributed by atoms with E-state index in [0.29, 0.717) is 0 Å². The molecular weight excluding hydrogens is 206 g/mol. The second kappa shape index (κ2) is 5.44. The van der Waals surface area contributed by atoms with Crippen molar-refractivity contribution in [1.82, 2.24) is 0 Å². The van der Waals surface area contributed by atoms with E-state index in [9.17, 15) is 0 Å². The van der Waals surface area contributed by atoms with Crippen LogP contribution in [0.3, 0.4) is 0 Å². The largest absolute Gasteiger partial charge is 0.285 e. The van der Waals surface area contributed by atoms with E-state index in [-0.39, 0.29) is 0 Å². The summed E-state index contributed by atoms with van der Waals surface area (Å²) in [5.41, 5.74) is 4.82. The first-order chi connectivity index (χ1) is 8.25. The standard InChI is InChI=1S/C16H17N/c1-13-8-10-16(11-9-13)14(2)17-12-15-6-4-3-5-7-15/h3-11H,12H2,1-2H3. The molecule has 0 aliphatic carbocycles. The van der Waals surface area contributed by atoms with E-state index in [4.69, 9.17) is 0 Å². The third kappa shape index (κ3) is 3.28. The van der Waals surface area contributed by atoms with Crippen molar-refractivity contribution in [2.75, 3.05) is 0 Å². The molecule has 2 aromatic carbocycles. The van der Waals surface area contributed by atoms with Gasteiger partial charge < -0.3 is 0 Å². The van der Waals surface area contributed by atoms with Crippen LogP contribution in [-0.2, 0) is 6.54 Å². The lowest BCUT2D eigenvalue weighted by atomic mass is 10.1. The van der Waals surface area contributed by atoms with Crippen LogP contribution in [-0.4, -0.2) is 5.71 Å². The molecule has 0 bridgehead atoms. The van der Waals surface area contributed by atoms with Crippen LogP contribution in [0, 0.1) is 6.92 Å². The first-order valence-corrected chi connectivity index (χ1v) is 5.88. The summed E-state index contributed by atoms with van der Waals surface area (Å²) in [5, 5.41) is 0. The minimum absolute atomic E-state index is 0.751. The van der Waals surface area contributed by atoms with Gasteiger partial charge in [-0.1, -0.05) is 60.2 Å². The molecule has 0 radical (unpaired) electrons. The van der Waals surface area contributed by atoms with Crippen molar-refractivity contribution in [2.24, 2.45) is 4.99 Å². The molecule has 0 atom stereocenters. The Morgan fingerprint density at radius 2 is 1.59 bits per heavy atom. The molecular formula is C16H17N. The predicted molar refractivity (Wildman–Crippen MR) is 73.5 cm³/mol. The Kier molecular flexibility index (Phi) is 3.71. The molecule has 1 nitrogen and oxygen atoms in total. The second-order valence-corrected chi connectivity index (χ2v) is 4.25. The molecule has 0 heterocycles. The van der Waals surface area contributed by atoms with Gasteiger partial charge in [0, 0.05) is 5.71 Å². The Hall–Kier alpha value is -1.89. The molecule has 1 heteroatoms. The normalized spacial score (nSPS) is 11.5. The fourth-order valence-electron chi connectivity index (χ4n) is 1.68. The SMILES string of the molecule is CC(=NCc1ccccc1)c1ccc(C)cc1. The molecule has 0 aliphatic heterocycles. The molecule has 86 valence electrons. The number of rotatable bonds is 3. The van der Waals surface area contributed by atoms with Crippen molar-refractivity contribution in [3.05, 3.63) is 71.3 Å². The van der Waals surface area contributed by atoms with Crippen LogP contribution in [0.1, 0.15) is 23.6 Å². The average Bonchev–Trinajstić information content (AvgIpc) is 2.38. The van der Waals surface area contributed by atoms with Crippen molar-refractivity contribution in [3.63, 3.8) is 0 Å². The summed E-state index contributed by atoms with van der Waals surface area (Å²) in [6.07, 6.45) is 0. The highest BCUT2D eigenvalue weighted by atomic mass is 14.7. The van der Waals surface area contributed by atoms with Gasteiger partial charge in [0.1, 0.15) is 0 Å². The van der Waals surface area contributed by atoms with Crippen LogP contribution in [0.4, 0.5) is 0 Å². The predicted octanol–water partition coefficient (Wildman–Crippen LogP) is 4.00. The number of nitrogens with zero attached hydrogens (tertiary/aromatic N) is 1. The number of aliphatic imine (C=N–C) groups is 1. The molecule has 2 aromatic rings. The quantitative estimate of drug-likeness (QED) is 0.697. The van der Waals surface area contributed by atoms with E-state index >= 15 is 0 Å². The summed E-state index contributed by atoms with van der Waals surface area (Å²) in [5.74, 6) is 0. The Morgan fingerprint density at radius 1 is 0.941 bits per heavy atom. The third-order valence-electron chi connectivity index (χ3n) is 2.81. The van der Waals surface area contributed by atoms with Gasteiger partial charge in [-0.05, 0) is 25.0 Å². The maximum atomic E-state index is 4.61. The van der Waals surface area contributed by atoms with Gasteiger partial charge in [-0.3, -0.25) is 4.99 Å². The highest BCUT2D eigenvalue weighted by Gasteiger charge is 1.96. The monoisotopic (exact) mass is 223 g/mol. The molecule has 0 amide bonds. The van der Waals surface area contributed by atoms with Crippen molar-refractivity contribution in [3.8, 4) is 0 Å². The van der Waals surface area contributed by atoms with Crippen molar-refractivity contribution in [2.45, 2.75) is 20.4 Å². The summed E-state index contributed by atoms with van der Waals surface area (Å²) in [4.78, 5) is 4.61. The van der Waals surface area contributed by atoms with Crippen LogP contribution in [0.15, 0.2) is 59.6 Å². The molecule has 0 spiro atoms. The lowest BCUT2D eigenvalue weighted by Gasteiger charge is -2.02. The Bertz CT molecular complexity index is 495. The summed E-state index contributed by atoms with van der Waals surface area (Å²) in [6, 6.07) is 18.8. The van der Waals surface area contributed by atoms with E-state index in [1.165, 1.54) is 16.7 Å². The van der Waals surface area contributed by atoms with Crippen molar-refractivity contribution >= 4 is 5.71 Å². The molecule has 0 aliphatic rings. The zero-order valence-electron chi connectivity index (χ0n) is 10.4. The van der Waals surface area contributed by atoms with Crippen LogP contribution in [0.25, 0.3) is 0 Å². The van der Waals surface area contributed by atoms with E-state index in [1.807, 2.05) is 18.2 Å². The van der Waals surface area contributed by atoms with Crippen LogP contribution in [0.2, 0.25) is 0 Å². The van der Waals surface area contributed by atoms with Gasteiger partial charge in [0.25, 0.3) is 0 Å². The van der Waals surface area contributed by atoms with Gasteiger partial charge in [0.15, 0.2) is 0 Å². The van der Waals surface area contributed by atoms with Gasteiger partial charge >= 0.3 is 0 Å². The van der Waals surface area contributed by atoms with E-state index in [1.54, 1.807) is 0 Å². The summed E-state index contributed by atoms with van der Waals surface area (Å²) < 4.78 is 0. The molecule has 0 unspecified atom stereocenters. The maximum Gasteiger partial charge on any atom is 0.0643 e. The summed E-state index contributed by atoms with van der Waals surface area (Å²) in [7, 11) is 0. The number of hydrogen-bond acceptors (Lipinski definition) is 1. The molecule has 0 saturated heterocycles. The highest BCUT2D eigenvalue weighted by Crippen LogP contribution is 2.07. The first-order valence-electron chi connectivity index (χ1n) is 5.88. The Labute approximate surface area is 103 Å². The fourth-order valence-corrected chi connectivity index (χ4v) is 1.68. The lowest BCUT2D eigenvalue weighted by molar-refractivity contribution is 1.06. The van der Waals surface area contributed by atoms with E-state index < -0.39 is 0 Å². The molecule has 0 fully saturated rings. The zero-order chi connectivity index (χ0) is 12.1. The van der Waals surface area contributed by atoms with E-state index in [2.05, 4.69) is 55.2 Å². The van der Waals surface area contributed by atoms with Crippen molar-refractivity contribution in [1.29, 1.82) is 0 Å². The van der Waals surface area contributed by atoms with Crippen LogP contribution >= 0.6 is 0 Å². The minimum atomic E-state index is 0.751. The Morgan fingerprint density at radius 3 is 2.24 bits per heavy atom. The summed E-state index contributed by atoms with van der Waals surface area (Å²) in [6.45, 7) is 4.91. The molecule has 0 saturated carbocycles. The van der Waals surface area contributed by atoms with Crippen molar-refractivity contribution < 1.29 is 0 Å². The van der Waals surface area contributed by atoms with Crippen LogP contribution in [0.5, 0.6) is 0 Å². The molecule has 2 rings (SSSR count). The Balaban J connectivity index is 2.10. The molecule has 0 aromatic heterocycles. The zero-order valence-corrected chi connectivity index (χ0v) is 10.4. The second-order valence-electron chi connectivity index (χ2n) is 4.25. The van der Waals surface area contributed by atoms with Gasteiger partial charge in [-0.25, -0.2) is 0 Å². The molecule has 17 heavy (non-hydrogen) atoms. The third-order valence-corrected chi connectivity index (χ3v) is 2.81. The van der Waals surface area contributed by atoms with Crippen LogP contribution < -0.4 is 0 Å². The first kappa shape index (κ1) is 11.6. The van der Waals surface area contributed by atoms with Gasteiger partial charge in [-0.2, -0.15) is 0 Å². The number of aryl methyl sites for hydroxylation is 1. The highest BCUT2D eigenvalue weighted by molar-refractivity contribution is 5.98. The molecule has 0 N–H and O–H groups in total. The fraction of sp³-hybridized carbons (Fsp3) is 0.188. The number of benzene rings is 2. The van der Waals surface area contributed by atoms with Gasteiger partial charge in [0.2, 0.25) is 0 Å². The van der Waals surface area contributed by atoms with Gasteiger partial charge in [0.05, 0.1) is 6.54 Å².